The number of aromatic nitrogens is 2. The Morgan fingerprint density at radius 3 is 1.51 bits per heavy atom. The SMILES string of the molecule is O=C1/C(=C\c2cc3c(s2)c2c(c4sc(C=C5C(=O)c6cc(F)c(F)cc6C5=O)cc4n2C(=O)OCc2ccccc2)n3C(=O)OCc2ccccc2)Cc2cc(F)c(F)cc21. The Morgan fingerprint density at radius 1 is 0.574 bits per heavy atom. The number of ether oxygens (including phenoxy) is 2. The molecule has 4 heterocycles. The van der Waals surface area contributed by atoms with Crippen molar-refractivity contribution in [3.63, 3.8) is 0 Å². The van der Waals surface area contributed by atoms with E-state index >= 15 is 0 Å². The molecule has 10 rings (SSSR count). The highest BCUT2D eigenvalue weighted by Crippen LogP contribution is 2.46. The lowest BCUT2D eigenvalue weighted by Gasteiger charge is -2.07. The minimum Gasteiger partial charge on any atom is -0.444 e. The quantitative estimate of drug-likeness (QED) is 0.0929. The largest absolute Gasteiger partial charge is 0.444 e. The summed E-state index contributed by atoms with van der Waals surface area (Å²) in [6.07, 6.45) is 1.24. The van der Waals surface area contributed by atoms with Crippen molar-refractivity contribution in [3.8, 4) is 0 Å². The third kappa shape index (κ3) is 6.31. The van der Waals surface area contributed by atoms with E-state index in [9.17, 15) is 41.5 Å². The van der Waals surface area contributed by atoms with Gasteiger partial charge in [-0.15, -0.1) is 22.7 Å². The number of benzene rings is 4. The summed E-state index contributed by atoms with van der Waals surface area (Å²) in [4.78, 5) is 69.5. The van der Waals surface area contributed by atoms with E-state index in [0.29, 0.717) is 53.5 Å². The number of ketones is 3. The number of nitrogens with zero attached hydrogens (tertiary/aromatic N) is 2. The minimum atomic E-state index is -1.28. The fourth-order valence-electron chi connectivity index (χ4n) is 7.71. The molecule has 0 aliphatic heterocycles. The molecule has 9 nitrogen and oxygen atoms in total. The molecule has 0 radical (unpaired) electrons. The maximum atomic E-state index is 14.3. The number of allylic oxidation sites excluding steroid dienone is 2. The molecule has 61 heavy (non-hydrogen) atoms. The summed E-state index contributed by atoms with van der Waals surface area (Å²) < 4.78 is 71.5. The third-order valence-corrected chi connectivity index (χ3v) is 12.7. The summed E-state index contributed by atoms with van der Waals surface area (Å²) in [5.74, 6) is -6.86. The second kappa shape index (κ2) is 14.5. The van der Waals surface area contributed by atoms with Crippen molar-refractivity contribution >= 4 is 95.8 Å². The summed E-state index contributed by atoms with van der Waals surface area (Å²) in [7, 11) is 0. The van der Waals surface area contributed by atoms with E-state index in [1.54, 1.807) is 60.7 Å². The zero-order valence-corrected chi connectivity index (χ0v) is 32.7. The fraction of sp³-hybridized carbons (Fsp3) is 0.0652. The van der Waals surface area contributed by atoms with E-state index in [4.69, 9.17) is 9.47 Å². The summed E-state index contributed by atoms with van der Waals surface area (Å²) in [6.45, 7) is -0.233. The smallest absolute Gasteiger partial charge is 0.419 e. The van der Waals surface area contributed by atoms with Crippen LogP contribution in [0.5, 0.6) is 0 Å². The lowest BCUT2D eigenvalue weighted by atomic mass is 10.1. The molecule has 0 amide bonds. The van der Waals surface area contributed by atoms with Crippen LogP contribution in [0.15, 0.2) is 108 Å². The van der Waals surface area contributed by atoms with Gasteiger partial charge in [0.1, 0.15) is 13.2 Å². The van der Waals surface area contributed by atoms with E-state index in [1.165, 1.54) is 21.3 Å². The Hall–Kier alpha value is -7.23. The molecule has 0 bridgehead atoms. The zero-order chi connectivity index (χ0) is 42.3. The predicted octanol–water partition coefficient (Wildman–Crippen LogP) is 11.1. The second-order valence-corrected chi connectivity index (χ2v) is 16.5. The normalized spacial score (nSPS) is 14.2. The van der Waals surface area contributed by atoms with Gasteiger partial charge in [-0.05, 0) is 65.2 Å². The molecule has 300 valence electrons. The monoisotopic (exact) mass is 856 g/mol. The molecule has 0 saturated heterocycles. The topological polar surface area (TPSA) is 114 Å². The molecular formula is C46H24F4N2O7S2. The number of thiophene rings is 2. The molecule has 0 atom stereocenters. The first-order valence-electron chi connectivity index (χ1n) is 18.5. The fourth-order valence-corrected chi connectivity index (χ4v) is 9.98. The van der Waals surface area contributed by atoms with Gasteiger partial charge in [0, 0.05) is 38.4 Å². The Morgan fingerprint density at radius 2 is 1.02 bits per heavy atom. The minimum absolute atomic E-state index is 0.0399. The van der Waals surface area contributed by atoms with Crippen LogP contribution in [-0.2, 0) is 29.1 Å². The zero-order valence-electron chi connectivity index (χ0n) is 31.1. The van der Waals surface area contributed by atoms with Gasteiger partial charge in [0.15, 0.2) is 40.6 Å². The number of halogens is 4. The molecule has 2 aliphatic carbocycles. The summed E-state index contributed by atoms with van der Waals surface area (Å²) in [5, 5.41) is 0. The van der Waals surface area contributed by atoms with Crippen LogP contribution >= 0.6 is 22.7 Å². The van der Waals surface area contributed by atoms with Crippen molar-refractivity contribution in [3.05, 3.63) is 175 Å². The first-order valence-corrected chi connectivity index (χ1v) is 20.2. The molecule has 0 saturated carbocycles. The molecule has 0 fully saturated rings. The first-order chi connectivity index (χ1) is 29.4. The van der Waals surface area contributed by atoms with Gasteiger partial charge in [0.2, 0.25) is 0 Å². The first kappa shape index (κ1) is 38.0. The molecule has 4 aromatic carbocycles. The van der Waals surface area contributed by atoms with Crippen LogP contribution in [0.25, 0.3) is 43.6 Å². The van der Waals surface area contributed by atoms with Gasteiger partial charge >= 0.3 is 12.2 Å². The van der Waals surface area contributed by atoms with Crippen LogP contribution in [-0.4, -0.2) is 38.7 Å². The van der Waals surface area contributed by atoms with Crippen LogP contribution in [0.3, 0.4) is 0 Å². The second-order valence-electron chi connectivity index (χ2n) is 14.3. The number of carbonyl (C=O) groups excluding carboxylic acids is 5. The van der Waals surface area contributed by atoms with Crippen molar-refractivity contribution in [1.82, 2.24) is 9.13 Å². The van der Waals surface area contributed by atoms with Crippen molar-refractivity contribution in [2.24, 2.45) is 0 Å². The van der Waals surface area contributed by atoms with E-state index < -0.39 is 52.8 Å². The number of Topliss-reactive ketones (excluding diaryl/α,β-unsaturated/α-hetero) is 3. The average molecular weight is 857 g/mol. The molecule has 4 aromatic heterocycles. The average Bonchev–Trinajstić information content (AvgIpc) is 4.08. The van der Waals surface area contributed by atoms with Crippen LogP contribution in [0.4, 0.5) is 27.2 Å². The Bertz CT molecular complexity index is 3280. The maximum Gasteiger partial charge on any atom is 0.419 e. The molecule has 8 aromatic rings. The lowest BCUT2D eigenvalue weighted by molar-refractivity contribution is 0.0987. The molecule has 0 N–H and O–H groups in total. The number of fused-ring (bicyclic) bond motifs is 7. The summed E-state index contributed by atoms with van der Waals surface area (Å²) in [5.41, 5.74) is 2.18. The number of hydrogen-bond donors (Lipinski definition) is 0. The van der Waals surface area contributed by atoms with Crippen molar-refractivity contribution in [2.45, 2.75) is 19.6 Å². The highest BCUT2D eigenvalue weighted by atomic mass is 32.1. The van der Waals surface area contributed by atoms with E-state index in [-0.39, 0.29) is 64.0 Å². The van der Waals surface area contributed by atoms with Crippen molar-refractivity contribution in [1.29, 1.82) is 0 Å². The molecule has 0 unspecified atom stereocenters. The predicted molar refractivity (Wildman–Crippen MR) is 220 cm³/mol. The van der Waals surface area contributed by atoms with Crippen LogP contribution in [0, 0.1) is 23.3 Å². The van der Waals surface area contributed by atoms with Crippen LogP contribution in [0.1, 0.15) is 57.5 Å². The Labute approximate surface area is 349 Å². The lowest BCUT2D eigenvalue weighted by Crippen LogP contribution is -2.13. The molecule has 15 heteroatoms. The molecular weight excluding hydrogens is 833 g/mol. The van der Waals surface area contributed by atoms with Gasteiger partial charge in [0.05, 0.1) is 37.0 Å². The van der Waals surface area contributed by atoms with E-state index in [0.717, 1.165) is 34.8 Å². The van der Waals surface area contributed by atoms with Gasteiger partial charge in [-0.1, -0.05) is 60.7 Å². The molecule has 0 spiro atoms. The summed E-state index contributed by atoms with van der Waals surface area (Å²) >= 11 is 2.20. The van der Waals surface area contributed by atoms with Gasteiger partial charge in [0.25, 0.3) is 0 Å². The van der Waals surface area contributed by atoms with E-state index in [1.807, 2.05) is 12.1 Å². The highest BCUT2D eigenvalue weighted by Gasteiger charge is 2.36. The third-order valence-electron chi connectivity index (χ3n) is 10.5. The number of hydrogen-bond acceptors (Lipinski definition) is 9. The highest BCUT2D eigenvalue weighted by molar-refractivity contribution is 7.22. The van der Waals surface area contributed by atoms with Crippen molar-refractivity contribution < 1.29 is 51.0 Å². The van der Waals surface area contributed by atoms with Gasteiger partial charge in [-0.25, -0.2) is 36.3 Å². The van der Waals surface area contributed by atoms with E-state index in [2.05, 4.69) is 0 Å². The standard InChI is InChI=1S/C46H24F4N2O7S2/c47-32-13-24-11-25(40(53)28(24)17-33(32)48)12-26-15-36-43(60-26)38-39(51(36)45(56)58-20-22-7-3-1-4-8-22)44-37(52(38)46(57)59-21-23-9-5-2-6-10-23)16-27(61-44)14-31-41(54)29-18-34(49)35(50)19-30(29)42(31)55/h1-10,12-19H,11,20-21H2/b25-12-. The van der Waals surface area contributed by atoms with Crippen molar-refractivity contribution in [2.75, 3.05) is 0 Å². The van der Waals surface area contributed by atoms with Gasteiger partial charge in [-0.2, -0.15) is 0 Å². The van der Waals surface area contributed by atoms with Crippen LogP contribution in [0.2, 0.25) is 0 Å². The van der Waals surface area contributed by atoms with Crippen LogP contribution < -0.4 is 0 Å². The number of carbonyl (C=O) groups is 5. The van der Waals surface area contributed by atoms with Gasteiger partial charge in [-0.3, -0.25) is 14.4 Å². The summed E-state index contributed by atoms with van der Waals surface area (Å²) in [6, 6.07) is 24.3. The molecule has 2 aliphatic rings. The Balaban J connectivity index is 1.15. The number of rotatable bonds is 6. The maximum absolute atomic E-state index is 14.3. The Kier molecular flexibility index (Phi) is 9.03. The van der Waals surface area contributed by atoms with Gasteiger partial charge < -0.3 is 9.47 Å².